The Morgan fingerprint density at radius 2 is 0.672 bits per heavy atom. The summed E-state index contributed by atoms with van der Waals surface area (Å²) in [5.41, 5.74) is 14.4. The number of rotatable bonds is 7. The maximum absolute atomic E-state index is 5.25. The monoisotopic (exact) mass is 812 g/mol. The molecule has 1 heterocycles. The lowest BCUT2D eigenvalue weighted by Gasteiger charge is -2.14. The molecule has 0 aliphatic rings. The first kappa shape index (κ1) is 37.3. The molecule has 0 amide bonds. The van der Waals surface area contributed by atoms with Gasteiger partial charge in [-0.2, -0.15) is 0 Å². The molecule has 2 heteroatoms. The molecule has 0 bridgehead atoms. The summed E-state index contributed by atoms with van der Waals surface area (Å²) in [5, 5.41) is 9.93. The maximum Gasteiger partial charge on any atom is 0.160 e. The van der Waals surface area contributed by atoms with Gasteiger partial charge in [-0.3, -0.25) is 0 Å². The van der Waals surface area contributed by atoms with Gasteiger partial charge < -0.3 is 0 Å². The molecule has 0 atom stereocenters. The molecule has 12 aromatic rings. The molecule has 0 aliphatic heterocycles. The van der Waals surface area contributed by atoms with Crippen LogP contribution in [0.1, 0.15) is 0 Å². The second kappa shape index (κ2) is 15.8. The number of aromatic nitrogens is 2. The Bertz CT molecular complexity index is 3690. The van der Waals surface area contributed by atoms with Crippen LogP contribution in [0.15, 0.2) is 243 Å². The molecule has 0 saturated heterocycles. The lowest BCUT2D eigenvalue weighted by Crippen LogP contribution is -1.96. The molecule has 64 heavy (non-hydrogen) atoms. The van der Waals surface area contributed by atoms with Crippen molar-refractivity contribution in [2.45, 2.75) is 0 Å². The Kier molecular flexibility index (Phi) is 9.20. The van der Waals surface area contributed by atoms with Crippen LogP contribution in [0.2, 0.25) is 0 Å². The Morgan fingerprint density at radius 3 is 1.41 bits per heavy atom. The van der Waals surface area contributed by atoms with Gasteiger partial charge in [-0.15, -0.1) is 0 Å². The van der Waals surface area contributed by atoms with Crippen LogP contribution in [-0.4, -0.2) is 9.97 Å². The molecule has 298 valence electrons. The van der Waals surface area contributed by atoms with Gasteiger partial charge in [-0.1, -0.05) is 212 Å². The molecule has 0 radical (unpaired) electrons. The topological polar surface area (TPSA) is 25.8 Å². The predicted octanol–water partition coefficient (Wildman–Crippen LogP) is 16.8. The molecule has 0 saturated carbocycles. The molecule has 2 nitrogen and oxygen atoms in total. The van der Waals surface area contributed by atoms with Gasteiger partial charge in [0.2, 0.25) is 0 Å². The number of fused-ring (bicyclic) bond motifs is 5. The molecule has 12 rings (SSSR count). The van der Waals surface area contributed by atoms with Crippen molar-refractivity contribution in [1.82, 2.24) is 9.97 Å². The quantitative estimate of drug-likeness (QED) is 0.118. The van der Waals surface area contributed by atoms with Crippen molar-refractivity contribution in [3.8, 4) is 78.4 Å². The van der Waals surface area contributed by atoms with Crippen molar-refractivity contribution in [3.05, 3.63) is 243 Å². The third-order valence-corrected chi connectivity index (χ3v) is 12.7. The van der Waals surface area contributed by atoms with Gasteiger partial charge in [-0.05, 0) is 118 Å². The van der Waals surface area contributed by atoms with E-state index in [1.807, 2.05) is 0 Å². The zero-order valence-electron chi connectivity index (χ0n) is 35.0. The fourth-order valence-corrected chi connectivity index (χ4v) is 9.35. The summed E-state index contributed by atoms with van der Waals surface area (Å²) >= 11 is 0. The molecule has 0 fully saturated rings. The third-order valence-electron chi connectivity index (χ3n) is 12.7. The van der Waals surface area contributed by atoms with Crippen LogP contribution in [0.4, 0.5) is 0 Å². The van der Waals surface area contributed by atoms with Crippen molar-refractivity contribution < 1.29 is 0 Å². The van der Waals surface area contributed by atoms with Gasteiger partial charge in [0.15, 0.2) is 5.82 Å². The molecule has 1 aromatic heterocycles. The first-order valence-corrected chi connectivity index (χ1v) is 21.9. The van der Waals surface area contributed by atoms with Crippen molar-refractivity contribution >= 4 is 43.1 Å². The number of hydrogen-bond donors (Lipinski definition) is 0. The van der Waals surface area contributed by atoms with Crippen LogP contribution in [0.5, 0.6) is 0 Å². The summed E-state index contributed by atoms with van der Waals surface area (Å²) < 4.78 is 0. The summed E-state index contributed by atoms with van der Waals surface area (Å²) in [6.07, 6.45) is 0. The van der Waals surface area contributed by atoms with Gasteiger partial charge in [0.05, 0.1) is 11.4 Å². The largest absolute Gasteiger partial charge is 0.228 e. The van der Waals surface area contributed by atoms with E-state index >= 15 is 0 Å². The summed E-state index contributed by atoms with van der Waals surface area (Å²) in [4.78, 5) is 10.5. The van der Waals surface area contributed by atoms with Gasteiger partial charge in [-0.25, -0.2) is 9.97 Å². The Balaban J connectivity index is 0.904. The lowest BCUT2D eigenvalue weighted by atomic mass is 9.89. The summed E-state index contributed by atoms with van der Waals surface area (Å²) in [7, 11) is 0. The minimum Gasteiger partial charge on any atom is -0.228 e. The van der Waals surface area contributed by atoms with E-state index in [9.17, 15) is 0 Å². The molecule has 0 N–H and O–H groups in total. The van der Waals surface area contributed by atoms with E-state index in [2.05, 4.69) is 243 Å². The SMILES string of the molecule is c1ccc(-c2ccc(-c3cc(-c4cccc(-c5ccccc5)c4)nc(-c4ccc5cc(-c6ccc(-c7c8ccccc8cc8c7ccc7ccccc78)cc6)ccc5c4)n3)cc2)cc1. The summed E-state index contributed by atoms with van der Waals surface area (Å²) in [5.74, 6) is 0.695. The molecule has 0 spiro atoms. The lowest BCUT2D eigenvalue weighted by molar-refractivity contribution is 1.18. The van der Waals surface area contributed by atoms with Gasteiger partial charge >= 0.3 is 0 Å². The van der Waals surface area contributed by atoms with Gasteiger partial charge in [0.25, 0.3) is 0 Å². The van der Waals surface area contributed by atoms with Crippen LogP contribution in [0.25, 0.3) is 122 Å². The molecular formula is C62H40N2. The molecule has 0 unspecified atom stereocenters. The van der Waals surface area contributed by atoms with Crippen molar-refractivity contribution in [3.63, 3.8) is 0 Å². The van der Waals surface area contributed by atoms with E-state index in [1.165, 1.54) is 76.6 Å². The second-order valence-corrected chi connectivity index (χ2v) is 16.6. The maximum atomic E-state index is 5.25. The minimum absolute atomic E-state index is 0.695. The molecule has 0 aliphatic carbocycles. The normalized spacial score (nSPS) is 11.4. The fraction of sp³-hybridized carbons (Fsp3) is 0. The van der Waals surface area contributed by atoms with Crippen LogP contribution >= 0.6 is 0 Å². The summed E-state index contributed by atoms with van der Waals surface area (Å²) in [6, 6.07) is 87.2. The van der Waals surface area contributed by atoms with E-state index in [0.29, 0.717) is 5.82 Å². The minimum atomic E-state index is 0.695. The van der Waals surface area contributed by atoms with E-state index < -0.39 is 0 Å². The first-order chi connectivity index (χ1) is 31.7. The molecular weight excluding hydrogens is 773 g/mol. The highest BCUT2D eigenvalue weighted by Crippen LogP contribution is 2.40. The average Bonchev–Trinajstić information content (AvgIpc) is 3.38. The average molecular weight is 813 g/mol. The van der Waals surface area contributed by atoms with Gasteiger partial charge in [0, 0.05) is 16.7 Å². The second-order valence-electron chi connectivity index (χ2n) is 16.6. The van der Waals surface area contributed by atoms with Crippen LogP contribution in [0, 0.1) is 0 Å². The van der Waals surface area contributed by atoms with E-state index in [4.69, 9.17) is 9.97 Å². The van der Waals surface area contributed by atoms with E-state index in [-0.39, 0.29) is 0 Å². The van der Waals surface area contributed by atoms with Crippen LogP contribution in [0.3, 0.4) is 0 Å². The first-order valence-electron chi connectivity index (χ1n) is 21.9. The number of benzene rings is 11. The Morgan fingerprint density at radius 1 is 0.203 bits per heavy atom. The highest BCUT2D eigenvalue weighted by atomic mass is 14.9. The van der Waals surface area contributed by atoms with E-state index in [0.717, 1.165) is 39.0 Å². The van der Waals surface area contributed by atoms with E-state index in [1.54, 1.807) is 0 Å². The highest BCUT2D eigenvalue weighted by molar-refractivity contribution is 6.20. The summed E-state index contributed by atoms with van der Waals surface area (Å²) in [6.45, 7) is 0. The Hall–Kier alpha value is -8.46. The number of hydrogen-bond acceptors (Lipinski definition) is 2. The zero-order valence-corrected chi connectivity index (χ0v) is 35.0. The van der Waals surface area contributed by atoms with Crippen molar-refractivity contribution in [2.24, 2.45) is 0 Å². The van der Waals surface area contributed by atoms with Crippen molar-refractivity contribution in [2.75, 3.05) is 0 Å². The smallest absolute Gasteiger partial charge is 0.160 e. The standard InChI is InChI=1S/C62H40N2/c1-3-12-41(13-4-1)43-22-26-46(27-23-43)59-40-60(53-19-11-18-48(37-53)42-14-5-2-6-15-42)64-62(63-59)54-33-32-50-36-49(30-31-51(50)38-54)44-24-28-47(29-25-44)61-56-21-10-8-17-52(56)39-58-55-20-9-7-16-45(55)34-35-57(58)61/h1-40H. The van der Waals surface area contributed by atoms with Gasteiger partial charge in [0.1, 0.15) is 0 Å². The Labute approximate surface area is 372 Å². The third kappa shape index (κ3) is 6.88. The highest BCUT2D eigenvalue weighted by Gasteiger charge is 2.15. The van der Waals surface area contributed by atoms with Crippen LogP contribution < -0.4 is 0 Å². The van der Waals surface area contributed by atoms with Crippen LogP contribution in [-0.2, 0) is 0 Å². The fourth-order valence-electron chi connectivity index (χ4n) is 9.35. The molecule has 11 aromatic carbocycles. The zero-order chi connectivity index (χ0) is 42.4. The number of nitrogens with zero attached hydrogens (tertiary/aromatic N) is 2. The van der Waals surface area contributed by atoms with Crippen molar-refractivity contribution in [1.29, 1.82) is 0 Å². The predicted molar refractivity (Wildman–Crippen MR) is 270 cm³/mol.